The number of carboxylic acid groups (broad SMARTS) is 1. The molecule has 5 nitrogen and oxygen atoms in total. The van der Waals surface area contributed by atoms with Crippen molar-refractivity contribution in [2.45, 2.75) is 65.2 Å². The predicted molar refractivity (Wildman–Crippen MR) is 146 cm³/mol. The highest BCUT2D eigenvalue weighted by Crippen LogP contribution is 2.31. The number of hydrogen-bond acceptors (Lipinski definition) is 4. The average molecular weight is 508 g/mol. The van der Waals surface area contributed by atoms with Gasteiger partial charge < -0.3 is 20.3 Å². The Bertz CT molecular complexity index is 1220. The van der Waals surface area contributed by atoms with Crippen LogP contribution in [-0.4, -0.2) is 41.0 Å². The number of aliphatic hydroxyl groups excluding tert-OH is 1. The predicted octanol–water partition coefficient (Wildman–Crippen LogP) is 6.11. The monoisotopic (exact) mass is 507 g/mol. The molecule has 0 heterocycles. The van der Waals surface area contributed by atoms with E-state index >= 15 is 0 Å². The van der Waals surface area contributed by atoms with Crippen LogP contribution in [0.2, 0.25) is 0 Å². The molecule has 0 radical (unpaired) electrons. The maximum atomic E-state index is 13.9. The smallest absolute Gasteiger partial charge is 0.335 e. The highest BCUT2D eigenvalue weighted by atomic mass is 19.1. The number of aliphatic hydroxyl groups is 1. The third kappa shape index (κ3) is 7.71. The minimum Gasteiger partial charge on any atom is -0.478 e. The average Bonchev–Trinajstić information content (AvgIpc) is 2.87. The first-order valence-corrected chi connectivity index (χ1v) is 12.8. The lowest BCUT2D eigenvalue weighted by Gasteiger charge is -2.28. The van der Waals surface area contributed by atoms with Crippen molar-refractivity contribution >= 4 is 5.97 Å². The number of carbonyl (C=O) groups is 1. The molecule has 3 aromatic rings. The summed E-state index contributed by atoms with van der Waals surface area (Å²) in [4.78, 5) is 11.5. The van der Waals surface area contributed by atoms with Crippen molar-refractivity contribution in [2.24, 2.45) is 0 Å². The quantitative estimate of drug-likeness (QED) is 0.276. The van der Waals surface area contributed by atoms with E-state index < -0.39 is 12.1 Å². The summed E-state index contributed by atoms with van der Waals surface area (Å²) in [7, 11) is 0. The van der Waals surface area contributed by atoms with E-state index in [1.54, 1.807) is 25.1 Å². The van der Waals surface area contributed by atoms with Gasteiger partial charge in [0, 0.05) is 12.1 Å². The Morgan fingerprint density at radius 3 is 2.51 bits per heavy atom. The van der Waals surface area contributed by atoms with Crippen LogP contribution in [-0.2, 0) is 17.6 Å². The number of aromatic carboxylic acids is 1. The van der Waals surface area contributed by atoms with E-state index in [1.807, 2.05) is 70.2 Å². The van der Waals surface area contributed by atoms with Crippen LogP contribution in [0.5, 0.6) is 0 Å². The van der Waals surface area contributed by atoms with E-state index in [0.29, 0.717) is 30.5 Å². The highest BCUT2D eigenvalue weighted by Gasteiger charge is 2.21. The van der Waals surface area contributed by atoms with Gasteiger partial charge >= 0.3 is 5.97 Å². The van der Waals surface area contributed by atoms with E-state index in [1.165, 1.54) is 0 Å². The molecule has 0 saturated heterocycles. The van der Waals surface area contributed by atoms with Gasteiger partial charge in [0.25, 0.3) is 0 Å². The molecule has 6 heteroatoms. The fourth-order valence-corrected chi connectivity index (χ4v) is 4.49. The minimum atomic E-state index is -0.926. The molecule has 0 aliphatic rings. The minimum absolute atomic E-state index is 0.149. The molecule has 198 valence electrons. The molecule has 0 spiro atoms. The Labute approximate surface area is 219 Å². The van der Waals surface area contributed by atoms with Crippen molar-refractivity contribution in [3.8, 4) is 11.1 Å². The first-order chi connectivity index (χ1) is 17.5. The van der Waals surface area contributed by atoms with E-state index in [0.717, 1.165) is 27.8 Å². The Hall–Kier alpha value is -3.06. The van der Waals surface area contributed by atoms with Gasteiger partial charge in [-0.1, -0.05) is 55.5 Å². The van der Waals surface area contributed by atoms with Gasteiger partial charge in [0.2, 0.25) is 0 Å². The van der Waals surface area contributed by atoms with Gasteiger partial charge in [-0.05, 0) is 86.1 Å². The number of hydrogen-bond donors (Lipinski definition) is 3. The second-order valence-electron chi connectivity index (χ2n) is 10.3. The van der Waals surface area contributed by atoms with Crippen LogP contribution < -0.4 is 5.32 Å². The lowest BCUT2D eigenvalue weighted by atomic mass is 9.93. The fraction of sp³-hybridized carbons (Fsp3) is 0.387. The van der Waals surface area contributed by atoms with Crippen molar-refractivity contribution in [1.29, 1.82) is 0 Å². The molecule has 0 unspecified atom stereocenters. The van der Waals surface area contributed by atoms with Gasteiger partial charge in [-0.15, -0.1) is 0 Å². The van der Waals surface area contributed by atoms with Gasteiger partial charge in [0.1, 0.15) is 5.82 Å². The fourth-order valence-electron chi connectivity index (χ4n) is 4.49. The van der Waals surface area contributed by atoms with Gasteiger partial charge in [-0.2, -0.15) is 0 Å². The third-order valence-electron chi connectivity index (χ3n) is 6.66. The zero-order chi connectivity index (χ0) is 27.2. The van der Waals surface area contributed by atoms with Crippen LogP contribution >= 0.6 is 0 Å². The van der Waals surface area contributed by atoms with Crippen LogP contribution in [0.15, 0.2) is 60.7 Å². The molecule has 0 aliphatic carbocycles. The molecular formula is C31H38FNO4. The van der Waals surface area contributed by atoms with Crippen molar-refractivity contribution in [3.63, 3.8) is 0 Å². The molecule has 3 N–H and O–H groups in total. The molecule has 2 atom stereocenters. The summed E-state index contributed by atoms with van der Waals surface area (Å²) in [6.07, 6.45) is 0.254. The molecule has 0 fully saturated rings. The van der Waals surface area contributed by atoms with E-state index in [9.17, 15) is 19.4 Å². The summed E-state index contributed by atoms with van der Waals surface area (Å²) in [5.41, 5.74) is 5.17. The van der Waals surface area contributed by atoms with Crippen LogP contribution in [0.25, 0.3) is 11.1 Å². The van der Waals surface area contributed by atoms with Crippen LogP contribution in [0.1, 0.15) is 66.4 Å². The SMILES string of the molecule is CCc1cc(-c2ccccc2[C@@H](C)OC[C@H](O)CNC(C)(C)Cc2ccc(C)c(F)c2)ccc1C(=O)O. The van der Waals surface area contributed by atoms with Crippen molar-refractivity contribution in [3.05, 3.63) is 94.3 Å². The zero-order valence-electron chi connectivity index (χ0n) is 22.3. The van der Waals surface area contributed by atoms with E-state index in [4.69, 9.17) is 4.74 Å². The number of ether oxygens (including phenoxy) is 1. The standard InChI is InChI=1S/C31H38FNO4/c1-6-23-16-24(13-14-28(23)30(35)36)27-10-8-7-9-26(27)21(3)37-19-25(34)18-33-31(4,5)17-22-12-11-20(2)29(32)15-22/h7-16,21,25,33-34H,6,17-19H2,1-5H3,(H,35,36)/t21-,25-/m1/s1. The highest BCUT2D eigenvalue weighted by molar-refractivity contribution is 5.90. The molecular weight excluding hydrogens is 469 g/mol. The second kappa shape index (κ2) is 12.5. The number of β-amino-alcohol motifs (C(OH)–C–C–N with tert-alkyl or cyclic N) is 1. The Balaban J connectivity index is 1.61. The number of aryl methyl sites for hydroxylation is 2. The van der Waals surface area contributed by atoms with Crippen molar-refractivity contribution < 1.29 is 24.1 Å². The van der Waals surface area contributed by atoms with Crippen molar-refractivity contribution in [1.82, 2.24) is 5.32 Å². The van der Waals surface area contributed by atoms with Crippen molar-refractivity contribution in [2.75, 3.05) is 13.2 Å². The van der Waals surface area contributed by atoms with Gasteiger partial charge in [0.15, 0.2) is 0 Å². The van der Waals surface area contributed by atoms with Gasteiger partial charge in [-0.25, -0.2) is 9.18 Å². The molecule has 0 saturated carbocycles. The molecule has 3 aromatic carbocycles. The van der Waals surface area contributed by atoms with Gasteiger partial charge in [0.05, 0.1) is 24.4 Å². The molecule has 0 amide bonds. The summed E-state index contributed by atoms with van der Waals surface area (Å²) < 4.78 is 20.0. The summed E-state index contributed by atoms with van der Waals surface area (Å²) >= 11 is 0. The number of carboxylic acids is 1. The molecule has 0 aromatic heterocycles. The Kier molecular flexibility index (Phi) is 9.60. The molecule has 0 bridgehead atoms. The summed E-state index contributed by atoms with van der Waals surface area (Å²) in [5, 5.41) is 23.4. The first-order valence-electron chi connectivity index (χ1n) is 12.8. The molecule has 0 aliphatic heterocycles. The Morgan fingerprint density at radius 2 is 1.84 bits per heavy atom. The van der Waals surface area contributed by atoms with Crippen LogP contribution in [0, 0.1) is 12.7 Å². The molecule has 3 rings (SSSR count). The largest absolute Gasteiger partial charge is 0.478 e. The Morgan fingerprint density at radius 1 is 1.11 bits per heavy atom. The van der Waals surface area contributed by atoms with E-state index in [2.05, 4.69) is 5.32 Å². The lowest BCUT2D eigenvalue weighted by Crippen LogP contribution is -2.46. The van der Waals surface area contributed by atoms with E-state index in [-0.39, 0.29) is 24.1 Å². The maximum absolute atomic E-state index is 13.9. The normalized spacial score (nSPS) is 13.4. The number of rotatable bonds is 12. The first kappa shape index (κ1) is 28.5. The number of halogens is 1. The van der Waals surface area contributed by atoms with Gasteiger partial charge in [-0.3, -0.25) is 0 Å². The second-order valence-corrected chi connectivity index (χ2v) is 10.3. The summed E-state index contributed by atoms with van der Waals surface area (Å²) in [6, 6.07) is 18.6. The topological polar surface area (TPSA) is 78.8 Å². The zero-order valence-corrected chi connectivity index (χ0v) is 22.3. The third-order valence-corrected chi connectivity index (χ3v) is 6.66. The summed E-state index contributed by atoms with van der Waals surface area (Å²) in [6.45, 7) is 10.2. The number of nitrogens with one attached hydrogen (secondary N) is 1. The summed E-state index contributed by atoms with van der Waals surface area (Å²) in [5.74, 6) is -1.13. The molecule has 37 heavy (non-hydrogen) atoms. The number of benzene rings is 3. The lowest BCUT2D eigenvalue weighted by molar-refractivity contribution is -0.00397. The van der Waals surface area contributed by atoms with Crippen LogP contribution in [0.4, 0.5) is 4.39 Å². The maximum Gasteiger partial charge on any atom is 0.335 e. The van der Waals surface area contributed by atoms with Crippen LogP contribution in [0.3, 0.4) is 0 Å².